The van der Waals surface area contributed by atoms with Crippen LogP contribution in [0.3, 0.4) is 0 Å². The highest BCUT2D eigenvalue weighted by Gasteiger charge is 2.33. The quantitative estimate of drug-likeness (QED) is 0.459. The molecule has 4 rings (SSSR count). The maximum atomic E-state index is 13.7. The number of para-hydroxylation sites is 1. The molecule has 3 N–H and O–H groups in total. The predicted molar refractivity (Wildman–Crippen MR) is 152 cm³/mol. The van der Waals surface area contributed by atoms with Crippen LogP contribution < -0.4 is 15.4 Å². The SMILES string of the molecule is CCN1CCOc2ccccc2C(=O)N[C@H](C(=O)N2CCN(CCO)CC2)CC(=O)N[C@@H](Cc2ccccc2)C1=O. The fraction of sp³-hybridized carbons (Fsp3) is 0.467. The molecule has 0 bridgehead atoms. The standard InChI is InChI=1S/C30H39N5O6/c1-2-34-17-19-41-26-11-7-6-10-23(26)28(38)32-25(30(40)35-14-12-33(13-15-35)16-18-36)21-27(37)31-24(29(34)39)20-22-8-4-3-5-9-22/h3-11,24-25,36H,2,12-21H2,1H3,(H,31,37)(H,32,38)/t24-,25-/m0/s1. The number of ether oxygens (including phenoxy) is 1. The van der Waals surface area contributed by atoms with E-state index >= 15 is 0 Å². The van der Waals surface area contributed by atoms with Gasteiger partial charge in [0.2, 0.25) is 17.7 Å². The summed E-state index contributed by atoms with van der Waals surface area (Å²) in [6.07, 6.45) is -0.0431. The molecule has 0 spiro atoms. The second-order valence-corrected chi connectivity index (χ2v) is 10.2. The van der Waals surface area contributed by atoms with Crippen LogP contribution in [0, 0.1) is 0 Å². The molecule has 2 atom stereocenters. The fourth-order valence-electron chi connectivity index (χ4n) is 5.17. The number of nitrogens with one attached hydrogen (secondary N) is 2. The summed E-state index contributed by atoms with van der Waals surface area (Å²) in [7, 11) is 0. The first-order valence-corrected chi connectivity index (χ1v) is 14.2. The monoisotopic (exact) mass is 565 g/mol. The van der Waals surface area contributed by atoms with E-state index in [9.17, 15) is 24.3 Å². The van der Waals surface area contributed by atoms with Gasteiger partial charge in [0.25, 0.3) is 5.91 Å². The third-order valence-corrected chi connectivity index (χ3v) is 7.45. The van der Waals surface area contributed by atoms with Gasteiger partial charge in [-0.25, -0.2) is 0 Å². The molecule has 0 radical (unpaired) electrons. The zero-order chi connectivity index (χ0) is 29.2. The average molecular weight is 566 g/mol. The normalized spacial score (nSPS) is 21.3. The number of nitrogens with zero attached hydrogens (tertiary/aromatic N) is 3. The summed E-state index contributed by atoms with van der Waals surface area (Å²) < 4.78 is 5.94. The molecule has 1 saturated heterocycles. The summed E-state index contributed by atoms with van der Waals surface area (Å²) in [5, 5.41) is 14.9. The molecule has 2 heterocycles. The van der Waals surface area contributed by atoms with Crippen molar-refractivity contribution in [3.63, 3.8) is 0 Å². The fourth-order valence-corrected chi connectivity index (χ4v) is 5.17. The first-order valence-electron chi connectivity index (χ1n) is 14.2. The Bertz CT molecular complexity index is 1200. The molecule has 0 aromatic heterocycles. The number of benzene rings is 2. The Morgan fingerprint density at radius 2 is 1.66 bits per heavy atom. The lowest BCUT2D eigenvalue weighted by Crippen LogP contribution is -2.57. The molecule has 0 saturated carbocycles. The van der Waals surface area contributed by atoms with Crippen LogP contribution in [0.5, 0.6) is 5.75 Å². The molecule has 41 heavy (non-hydrogen) atoms. The number of likely N-dealkylation sites (N-methyl/N-ethyl adjacent to an activating group) is 1. The second kappa shape index (κ2) is 14.6. The zero-order valence-corrected chi connectivity index (χ0v) is 23.5. The van der Waals surface area contributed by atoms with E-state index in [-0.39, 0.29) is 50.0 Å². The minimum atomic E-state index is -1.14. The number of amides is 4. The number of carbonyl (C=O) groups excluding carboxylic acids is 4. The van der Waals surface area contributed by atoms with Crippen molar-refractivity contribution < 1.29 is 29.0 Å². The van der Waals surface area contributed by atoms with Gasteiger partial charge < -0.3 is 30.3 Å². The van der Waals surface area contributed by atoms with E-state index in [1.807, 2.05) is 37.3 Å². The molecule has 1 fully saturated rings. The van der Waals surface area contributed by atoms with Crippen LogP contribution in [0.25, 0.3) is 0 Å². The first kappa shape index (κ1) is 30.0. The van der Waals surface area contributed by atoms with Gasteiger partial charge in [0, 0.05) is 45.7 Å². The van der Waals surface area contributed by atoms with Crippen molar-refractivity contribution in [2.24, 2.45) is 0 Å². The lowest BCUT2D eigenvalue weighted by atomic mass is 10.0. The summed E-state index contributed by atoms with van der Waals surface area (Å²) >= 11 is 0. The minimum absolute atomic E-state index is 0.0343. The Hall–Kier alpha value is -3.96. The van der Waals surface area contributed by atoms with E-state index in [0.717, 1.165) is 5.56 Å². The summed E-state index contributed by atoms with van der Waals surface area (Å²) in [4.78, 5) is 59.4. The Kier molecular flexibility index (Phi) is 10.7. The Balaban J connectivity index is 1.61. The molecule has 2 aliphatic heterocycles. The number of aliphatic hydroxyl groups is 1. The molecule has 2 aliphatic rings. The van der Waals surface area contributed by atoms with Gasteiger partial charge in [-0.15, -0.1) is 0 Å². The van der Waals surface area contributed by atoms with Crippen LogP contribution in [0.4, 0.5) is 0 Å². The lowest BCUT2D eigenvalue weighted by molar-refractivity contribution is -0.139. The number of carbonyl (C=O) groups is 4. The lowest BCUT2D eigenvalue weighted by Gasteiger charge is -2.36. The first-order chi connectivity index (χ1) is 19.9. The van der Waals surface area contributed by atoms with Crippen LogP contribution >= 0.6 is 0 Å². The van der Waals surface area contributed by atoms with Crippen molar-refractivity contribution in [3.05, 3.63) is 65.7 Å². The van der Waals surface area contributed by atoms with Crippen molar-refractivity contribution >= 4 is 23.6 Å². The summed E-state index contributed by atoms with van der Waals surface area (Å²) in [5.41, 5.74) is 1.13. The Morgan fingerprint density at radius 1 is 0.951 bits per heavy atom. The van der Waals surface area contributed by atoms with Gasteiger partial charge in [0.05, 0.1) is 25.1 Å². The van der Waals surface area contributed by atoms with Crippen molar-refractivity contribution in [2.75, 3.05) is 59.0 Å². The number of hydrogen-bond acceptors (Lipinski definition) is 7. The van der Waals surface area contributed by atoms with Gasteiger partial charge in [-0.2, -0.15) is 0 Å². The summed E-state index contributed by atoms with van der Waals surface area (Å²) in [6, 6.07) is 14.1. The van der Waals surface area contributed by atoms with E-state index in [1.54, 1.807) is 34.1 Å². The van der Waals surface area contributed by atoms with Crippen molar-refractivity contribution in [3.8, 4) is 5.75 Å². The minimum Gasteiger partial charge on any atom is -0.491 e. The van der Waals surface area contributed by atoms with E-state index in [2.05, 4.69) is 15.5 Å². The van der Waals surface area contributed by atoms with Gasteiger partial charge in [0.1, 0.15) is 24.4 Å². The molecule has 0 unspecified atom stereocenters. The highest BCUT2D eigenvalue weighted by atomic mass is 16.5. The molecule has 11 nitrogen and oxygen atoms in total. The second-order valence-electron chi connectivity index (χ2n) is 10.2. The van der Waals surface area contributed by atoms with Gasteiger partial charge in [0.15, 0.2) is 0 Å². The molecule has 2 aromatic rings. The van der Waals surface area contributed by atoms with E-state index < -0.39 is 23.9 Å². The third-order valence-electron chi connectivity index (χ3n) is 7.45. The van der Waals surface area contributed by atoms with Crippen molar-refractivity contribution in [1.29, 1.82) is 0 Å². The third kappa shape index (κ3) is 8.05. The Morgan fingerprint density at radius 3 is 2.37 bits per heavy atom. The van der Waals surface area contributed by atoms with Crippen LogP contribution in [0.1, 0.15) is 29.3 Å². The summed E-state index contributed by atoms with van der Waals surface area (Å²) in [6.45, 7) is 5.23. The van der Waals surface area contributed by atoms with Gasteiger partial charge in [-0.05, 0) is 24.6 Å². The molecule has 220 valence electrons. The number of rotatable bonds is 6. The molecular weight excluding hydrogens is 526 g/mol. The maximum absolute atomic E-state index is 13.7. The molecule has 4 amide bonds. The predicted octanol–water partition coefficient (Wildman–Crippen LogP) is 0.280. The topological polar surface area (TPSA) is 132 Å². The number of aliphatic hydroxyl groups excluding tert-OH is 1. The van der Waals surface area contributed by atoms with Crippen LogP contribution in [-0.4, -0.2) is 115 Å². The van der Waals surface area contributed by atoms with Gasteiger partial charge in [-0.1, -0.05) is 42.5 Å². The maximum Gasteiger partial charge on any atom is 0.255 e. The smallest absolute Gasteiger partial charge is 0.255 e. The van der Waals surface area contributed by atoms with Crippen molar-refractivity contribution in [1.82, 2.24) is 25.3 Å². The van der Waals surface area contributed by atoms with E-state index in [1.165, 1.54) is 0 Å². The summed E-state index contributed by atoms with van der Waals surface area (Å²) in [5.74, 6) is -1.31. The molecule has 2 aromatic carbocycles. The van der Waals surface area contributed by atoms with Gasteiger partial charge >= 0.3 is 0 Å². The highest BCUT2D eigenvalue weighted by molar-refractivity contribution is 6.01. The van der Waals surface area contributed by atoms with E-state index in [0.29, 0.717) is 45.0 Å². The number of piperazine rings is 1. The van der Waals surface area contributed by atoms with Crippen LogP contribution in [-0.2, 0) is 20.8 Å². The molecule has 0 aliphatic carbocycles. The number of fused-ring (bicyclic) bond motifs is 1. The average Bonchev–Trinajstić information content (AvgIpc) is 2.99. The van der Waals surface area contributed by atoms with Crippen LogP contribution in [0.2, 0.25) is 0 Å². The molecule has 11 heteroatoms. The van der Waals surface area contributed by atoms with Crippen LogP contribution in [0.15, 0.2) is 54.6 Å². The van der Waals surface area contributed by atoms with E-state index in [4.69, 9.17) is 4.74 Å². The van der Waals surface area contributed by atoms with Gasteiger partial charge in [-0.3, -0.25) is 24.1 Å². The van der Waals surface area contributed by atoms with Crippen molar-refractivity contribution in [2.45, 2.75) is 31.8 Å². The zero-order valence-electron chi connectivity index (χ0n) is 23.5. The molecular formula is C30H39N5O6. The number of β-amino-alcohol motifs (C(OH)–C–C–N with tert-alkyl or cyclic N) is 1. The Labute approximate surface area is 240 Å². The largest absolute Gasteiger partial charge is 0.491 e. The number of hydrogen-bond donors (Lipinski definition) is 3. The highest BCUT2D eigenvalue weighted by Crippen LogP contribution is 2.19.